The van der Waals surface area contributed by atoms with Crippen molar-refractivity contribution in [1.29, 1.82) is 0 Å². The number of benzene rings is 1. The Labute approximate surface area is 151 Å². The molecule has 1 aliphatic carbocycles. The number of hydrogen-bond acceptors (Lipinski definition) is 5. The van der Waals surface area contributed by atoms with Crippen LogP contribution in [0.4, 0.5) is 0 Å². The van der Waals surface area contributed by atoms with E-state index in [2.05, 4.69) is 20.7 Å². The molecule has 0 saturated heterocycles. The van der Waals surface area contributed by atoms with Crippen molar-refractivity contribution in [3.8, 4) is 11.4 Å². The second-order valence-corrected chi connectivity index (χ2v) is 6.84. The summed E-state index contributed by atoms with van der Waals surface area (Å²) in [4.78, 5) is 25.4. The highest BCUT2D eigenvalue weighted by molar-refractivity contribution is 5.81. The predicted octanol–water partition coefficient (Wildman–Crippen LogP) is 2.05. The largest absolute Gasteiger partial charge is 0.481 e. The number of rotatable bonds is 6. The van der Waals surface area contributed by atoms with E-state index in [1.807, 2.05) is 30.3 Å². The van der Waals surface area contributed by atoms with Gasteiger partial charge in [-0.05, 0) is 25.0 Å². The maximum atomic E-state index is 12.5. The van der Waals surface area contributed by atoms with Crippen molar-refractivity contribution in [2.75, 3.05) is 6.54 Å². The summed E-state index contributed by atoms with van der Waals surface area (Å²) in [6, 6.07) is 8.71. The standard InChI is InChI=1S/C18H23N5O3/c1-13(23-21-15(20-22-23)14-8-4-2-5-9-14)16(24)19-12-18(17(25)26)10-6-3-7-11-18/h2,4-5,8-9,13H,3,6-7,10-12H2,1H3,(H,19,24)(H,25,26). The molecule has 1 heterocycles. The molecule has 1 aromatic heterocycles. The molecule has 8 nitrogen and oxygen atoms in total. The van der Waals surface area contributed by atoms with Gasteiger partial charge in [0.05, 0.1) is 5.41 Å². The Bertz CT molecular complexity index is 768. The number of aromatic nitrogens is 4. The minimum atomic E-state index is -0.862. The first kappa shape index (κ1) is 18.0. The molecule has 1 fully saturated rings. The zero-order valence-corrected chi connectivity index (χ0v) is 14.8. The van der Waals surface area contributed by atoms with Crippen molar-refractivity contribution < 1.29 is 14.7 Å². The van der Waals surface area contributed by atoms with Crippen LogP contribution in [0.15, 0.2) is 30.3 Å². The van der Waals surface area contributed by atoms with E-state index >= 15 is 0 Å². The van der Waals surface area contributed by atoms with Crippen LogP contribution in [0.25, 0.3) is 11.4 Å². The third kappa shape index (κ3) is 3.74. The number of carbonyl (C=O) groups is 2. The first-order valence-corrected chi connectivity index (χ1v) is 8.88. The van der Waals surface area contributed by atoms with Crippen LogP contribution in [0.3, 0.4) is 0 Å². The van der Waals surface area contributed by atoms with Gasteiger partial charge in [0.15, 0.2) is 0 Å². The molecule has 1 unspecified atom stereocenters. The lowest BCUT2D eigenvalue weighted by Gasteiger charge is -2.33. The van der Waals surface area contributed by atoms with Gasteiger partial charge >= 0.3 is 5.97 Å². The number of nitrogens with one attached hydrogen (secondary N) is 1. The molecule has 1 aliphatic rings. The number of carboxylic acids is 1. The summed E-state index contributed by atoms with van der Waals surface area (Å²) in [6.07, 6.45) is 3.99. The minimum absolute atomic E-state index is 0.131. The predicted molar refractivity (Wildman–Crippen MR) is 94.1 cm³/mol. The highest BCUT2D eigenvalue weighted by Gasteiger charge is 2.40. The van der Waals surface area contributed by atoms with Crippen molar-refractivity contribution in [3.05, 3.63) is 30.3 Å². The summed E-state index contributed by atoms with van der Waals surface area (Å²) in [5, 5.41) is 24.6. The summed E-state index contributed by atoms with van der Waals surface area (Å²) in [7, 11) is 0. The summed E-state index contributed by atoms with van der Waals surface area (Å²) in [6.45, 7) is 1.80. The minimum Gasteiger partial charge on any atom is -0.481 e. The Balaban J connectivity index is 1.64. The summed E-state index contributed by atoms with van der Waals surface area (Å²) < 4.78 is 0. The van der Waals surface area contributed by atoms with Gasteiger partial charge in [0, 0.05) is 12.1 Å². The lowest BCUT2D eigenvalue weighted by atomic mass is 9.74. The lowest BCUT2D eigenvalue weighted by molar-refractivity contribution is -0.151. The molecule has 0 radical (unpaired) electrons. The molecule has 0 spiro atoms. The van der Waals surface area contributed by atoms with E-state index in [4.69, 9.17) is 0 Å². The van der Waals surface area contributed by atoms with Crippen LogP contribution in [0.2, 0.25) is 0 Å². The average Bonchev–Trinajstić information content (AvgIpc) is 3.17. The van der Waals surface area contributed by atoms with Crippen molar-refractivity contribution >= 4 is 11.9 Å². The van der Waals surface area contributed by atoms with E-state index < -0.39 is 17.4 Å². The Morgan fingerprint density at radius 3 is 2.58 bits per heavy atom. The van der Waals surface area contributed by atoms with Gasteiger partial charge in [-0.1, -0.05) is 49.6 Å². The maximum Gasteiger partial charge on any atom is 0.311 e. The number of aliphatic carboxylic acids is 1. The maximum absolute atomic E-state index is 12.5. The van der Waals surface area contributed by atoms with Crippen molar-refractivity contribution in [2.45, 2.75) is 45.1 Å². The van der Waals surface area contributed by atoms with Gasteiger partial charge in [-0.15, -0.1) is 10.2 Å². The molecule has 26 heavy (non-hydrogen) atoms. The van der Waals surface area contributed by atoms with Gasteiger partial charge in [0.25, 0.3) is 0 Å². The summed E-state index contributed by atoms with van der Waals surface area (Å²) in [5.41, 5.74) is -0.0445. The van der Waals surface area contributed by atoms with E-state index in [1.165, 1.54) is 4.80 Å². The van der Waals surface area contributed by atoms with Gasteiger partial charge in [-0.25, -0.2) is 0 Å². The number of hydrogen-bond donors (Lipinski definition) is 2. The van der Waals surface area contributed by atoms with Crippen molar-refractivity contribution in [1.82, 2.24) is 25.5 Å². The van der Waals surface area contributed by atoms with E-state index in [0.29, 0.717) is 18.7 Å². The second kappa shape index (κ2) is 7.63. The fraction of sp³-hybridized carbons (Fsp3) is 0.500. The topological polar surface area (TPSA) is 110 Å². The second-order valence-electron chi connectivity index (χ2n) is 6.84. The zero-order chi connectivity index (χ0) is 18.6. The lowest BCUT2D eigenvalue weighted by Crippen LogP contribution is -2.46. The molecule has 1 aromatic carbocycles. The van der Waals surface area contributed by atoms with Gasteiger partial charge in [0.1, 0.15) is 6.04 Å². The van der Waals surface area contributed by atoms with Crippen LogP contribution in [0.1, 0.15) is 45.1 Å². The van der Waals surface area contributed by atoms with Crippen LogP contribution in [-0.4, -0.2) is 43.7 Å². The molecule has 8 heteroatoms. The Morgan fingerprint density at radius 1 is 1.23 bits per heavy atom. The van der Waals surface area contributed by atoms with Crippen LogP contribution in [0, 0.1) is 5.41 Å². The molecule has 1 atom stereocenters. The number of amides is 1. The van der Waals surface area contributed by atoms with E-state index in [-0.39, 0.29) is 12.5 Å². The number of carboxylic acid groups (broad SMARTS) is 1. The van der Waals surface area contributed by atoms with Crippen LogP contribution >= 0.6 is 0 Å². The van der Waals surface area contributed by atoms with Crippen LogP contribution < -0.4 is 5.32 Å². The molecule has 3 rings (SSSR count). The van der Waals surface area contributed by atoms with Crippen LogP contribution in [-0.2, 0) is 9.59 Å². The Morgan fingerprint density at radius 2 is 1.92 bits per heavy atom. The SMILES string of the molecule is CC(C(=O)NCC1(C(=O)O)CCCCC1)n1nnc(-c2ccccc2)n1. The monoisotopic (exact) mass is 357 g/mol. The molecule has 0 aliphatic heterocycles. The molecular weight excluding hydrogens is 334 g/mol. The third-order valence-corrected chi connectivity index (χ3v) is 5.05. The first-order chi connectivity index (χ1) is 12.5. The molecule has 0 bridgehead atoms. The summed E-state index contributed by atoms with van der Waals surface area (Å²) in [5.74, 6) is -0.705. The fourth-order valence-corrected chi connectivity index (χ4v) is 3.30. The molecule has 2 aromatic rings. The Hall–Kier alpha value is -2.77. The summed E-state index contributed by atoms with van der Waals surface area (Å²) >= 11 is 0. The van der Waals surface area contributed by atoms with E-state index in [1.54, 1.807) is 6.92 Å². The number of nitrogens with zero attached hydrogens (tertiary/aromatic N) is 4. The van der Waals surface area contributed by atoms with Crippen molar-refractivity contribution in [2.24, 2.45) is 5.41 Å². The van der Waals surface area contributed by atoms with Gasteiger partial charge in [-0.2, -0.15) is 4.80 Å². The first-order valence-electron chi connectivity index (χ1n) is 8.88. The van der Waals surface area contributed by atoms with Crippen molar-refractivity contribution in [3.63, 3.8) is 0 Å². The zero-order valence-electron chi connectivity index (χ0n) is 14.8. The van der Waals surface area contributed by atoms with Crippen LogP contribution in [0.5, 0.6) is 0 Å². The normalized spacial score (nSPS) is 17.4. The van der Waals surface area contributed by atoms with E-state index in [0.717, 1.165) is 24.8 Å². The molecular formula is C18H23N5O3. The fourth-order valence-electron chi connectivity index (χ4n) is 3.30. The number of tetrazole rings is 1. The smallest absolute Gasteiger partial charge is 0.311 e. The highest BCUT2D eigenvalue weighted by Crippen LogP contribution is 2.36. The average molecular weight is 357 g/mol. The van der Waals surface area contributed by atoms with E-state index in [9.17, 15) is 14.7 Å². The molecule has 1 amide bonds. The molecule has 138 valence electrons. The van der Waals surface area contributed by atoms with Gasteiger partial charge in [0.2, 0.25) is 11.7 Å². The number of carbonyl (C=O) groups excluding carboxylic acids is 1. The Kier molecular flexibility index (Phi) is 5.29. The molecule has 2 N–H and O–H groups in total. The van der Waals surface area contributed by atoms with Gasteiger partial charge in [-0.3, -0.25) is 9.59 Å². The molecule has 1 saturated carbocycles. The highest BCUT2D eigenvalue weighted by atomic mass is 16.4. The third-order valence-electron chi connectivity index (χ3n) is 5.05. The van der Waals surface area contributed by atoms with Gasteiger partial charge < -0.3 is 10.4 Å². The quantitative estimate of drug-likeness (QED) is 0.819.